The number of nitrogens with zero attached hydrogens (tertiary/aromatic N) is 2. The lowest BCUT2D eigenvalue weighted by molar-refractivity contribution is -0.140. The topological polar surface area (TPSA) is 70.1 Å². The molecule has 1 heterocycles. The molecule has 3 rings (SSSR count). The molecule has 2 aromatic carbocycles. The Bertz CT molecular complexity index is 1020. The standard InChI is InChI=1S/C22H22Cl2N2O4/c1-25(2)9-10-26-19(13-5-4-6-15(23)11-13)18(21(28)22(26)29)20(27)14-7-8-17(30-3)16(24)12-14/h4-8,11-12,19,27H,9-10H2,1-3H3/b20-18+. The number of ketones is 1. The number of aliphatic hydroxyl groups excluding tert-OH is 1. The van der Waals surface area contributed by atoms with E-state index in [2.05, 4.69) is 0 Å². The monoisotopic (exact) mass is 448 g/mol. The molecule has 0 radical (unpaired) electrons. The van der Waals surface area contributed by atoms with Gasteiger partial charge in [0.05, 0.1) is 23.7 Å². The molecular weight excluding hydrogens is 427 g/mol. The number of carbonyl (C=O) groups is 2. The second-order valence-corrected chi connectivity index (χ2v) is 8.04. The fourth-order valence-electron chi connectivity index (χ4n) is 3.41. The van der Waals surface area contributed by atoms with Crippen LogP contribution in [-0.4, -0.2) is 60.9 Å². The van der Waals surface area contributed by atoms with Gasteiger partial charge in [-0.3, -0.25) is 9.59 Å². The van der Waals surface area contributed by atoms with Crippen molar-refractivity contribution in [3.8, 4) is 5.75 Å². The van der Waals surface area contributed by atoms with Crippen molar-refractivity contribution >= 4 is 40.7 Å². The first-order valence-electron chi connectivity index (χ1n) is 9.27. The average Bonchev–Trinajstić information content (AvgIpc) is 2.96. The molecule has 0 aliphatic carbocycles. The summed E-state index contributed by atoms with van der Waals surface area (Å²) in [6.07, 6.45) is 0. The summed E-state index contributed by atoms with van der Waals surface area (Å²) in [6.45, 7) is 0.868. The van der Waals surface area contributed by atoms with Crippen molar-refractivity contribution < 1.29 is 19.4 Å². The number of Topliss-reactive ketones (excluding diaryl/α,β-unsaturated/α-hetero) is 1. The summed E-state index contributed by atoms with van der Waals surface area (Å²) < 4.78 is 5.14. The molecule has 0 saturated carbocycles. The van der Waals surface area contributed by atoms with E-state index in [1.165, 1.54) is 18.1 Å². The molecule has 0 spiro atoms. The van der Waals surface area contributed by atoms with Crippen LogP contribution in [0.1, 0.15) is 17.2 Å². The number of carbonyl (C=O) groups excluding carboxylic acids is 2. The van der Waals surface area contributed by atoms with Crippen molar-refractivity contribution in [2.24, 2.45) is 0 Å². The van der Waals surface area contributed by atoms with Crippen LogP contribution in [0.5, 0.6) is 5.75 Å². The number of methoxy groups -OCH3 is 1. The number of hydrogen-bond acceptors (Lipinski definition) is 5. The third kappa shape index (κ3) is 4.31. The first-order valence-corrected chi connectivity index (χ1v) is 10.0. The van der Waals surface area contributed by atoms with Gasteiger partial charge in [0, 0.05) is 23.7 Å². The van der Waals surface area contributed by atoms with Gasteiger partial charge >= 0.3 is 0 Å². The fourth-order valence-corrected chi connectivity index (χ4v) is 3.87. The molecule has 6 nitrogen and oxygen atoms in total. The maximum atomic E-state index is 12.9. The summed E-state index contributed by atoms with van der Waals surface area (Å²) >= 11 is 12.4. The maximum absolute atomic E-state index is 12.9. The minimum atomic E-state index is -0.760. The quantitative estimate of drug-likeness (QED) is 0.411. The zero-order chi connectivity index (χ0) is 22.0. The van der Waals surface area contributed by atoms with Crippen molar-refractivity contribution in [3.63, 3.8) is 0 Å². The Morgan fingerprint density at radius 1 is 1.17 bits per heavy atom. The van der Waals surface area contributed by atoms with Gasteiger partial charge in [-0.1, -0.05) is 35.3 Å². The highest BCUT2D eigenvalue weighted by Crippen LogP contribution is 2.40. The van der Waals surface area contributed by atoms with E-state index in [-0.39, 0.29) is 16.4 Å². The molecule has 8 heteroatoms. The zero-order valence-electron chi connectivity index (χ0n) is 16.9. The molecule has 1 amide bonds. The van der Waals surface area contributed by atoms with E-state index in [0.29, 0.717) is 35.0 Å². The van der Waals surface area contributed by atoms with Crippen LogP contribution in [0, 0.1) is 0 Å². The van der Waals surface area contributed by atoms with E-state index in [1.54, 1.807) is 36.4 Å². The van der Waals surface area contributed by atoms with Crippen LogP contribution >= 0.6 is 23.2 Å². The van der Waals surface area contributed by atoms with Gasteiger partial charge in [0.15, 0.2) is 0 Å². The van der Waals surface area contributed by atoms with Gasteiger partial charge in [0.1, 0.15) is 11.5 Å². The number of hydrogen-bond donors (Lipinski definition) is 1. The van der Waals surface area contributed by atoms with Crippen molar-refractivity contribution in [2.75, 3.05) is 34.3 Å². The molecule has 30 heavy (non-hydrogen) atoms. The largest absolute Gasteiger partial charge is 0.507 e. The van der Waals surface area contributed by atoms with E-state index in [9.17, 15) is 14.7 Å². The number of amides is 1. The van der Waals surface area contributed by atoms with Gasteiger partial charge in [0.2, 0.25) is 0 Å². The van der Waals surface area contributed by atoms with Crippen LogP contribution in [0.4, 0.5) is 0 Å². The normalized spacial score (nSPS) is 18.3. The third-order valence-electron chi connectivity index (χ3n) is 4.92. The molecule has 158 valence electrons. The number of benzene rings is 2. The van der Waals surface area contributed by atoms with Crippen molar-refractivity contribution in [3.05, 3.63) is 69.2 Å². The molecule has 1 aliphatic rings. The molecule has 1 fully saturated rings. The van der Waals surface area contributed by atoms with E-state index in [0.717, 1.165) is 0 Å². The van der Waals surface area contributed by atoms with Crippen molar-refractivity contribution in [1.82, 2.24) is 9.80 Å². The molecule has 0 aromatic heterocycles. The smallest absolute Gasteiger partial charge is 0.295 e. The number of likely N-dealkylation sites (N-methyl/N-ethyl adjacent to an activating group) is 1. The first kappa shape index (κ1) is 22.2. The van der Waals surface area contributed by atoms with Crippen molar-refractivity contribution in [2.45, 2.75) is 6.04 Å². The van der Waals surface area contributed by atoms with Crippen LogP contribution in [0.15, 0.2) is 48.0 Å². The molecule has 1 saturated heterocycles. The Labute approximate surface area is 185 Å². The van der Waals surface area contributed by atoms with Gasteiger partial charge in [0.25, 0.3) is 11.7 Å². The van der Waals surface area contributed by atoms with Crippen LogP contribution < -0.4 is 4.74 Å². The summed E-state index contributed by atoms with van der Waals surface area (Å²) in [4.78, 5) is 29.1. The van der Waals surface area contributed by atoms with E-state index in [4.69, 9.17) is 27.9 Å². The lowest BCUT2D eigenvalue weighted by Gasteiger charge is -2.26. The molecule has 1 atom stereocenters. The minimum absolute atomic E-state index is 0.00209. The summed E-state index contributed by atoms with van der Waals surface area (Å²) in [7, 11) is 5.24. The highest BCUT2D eigenvalue weighted by atomic mass is 35.5. The Morgan fingerprint density at radius 2 is 1.90 bits per heavy atom. The Kier molecular flexibility index (Phi) is 6.71. The van der Waals surface area contributed by atoms with Gasteiger partial charge in [-0.05, 0) is 50.0 Å². The van der Waals surface area contributed by atoms with E-state index in [1.807, 2.05) is 19.0 Å². The zero-order valence-corrected chi connectivity index (χ0v) is 18.4. The second kappa shape index (κ2) is 9.08. The van der Waals surface area contributed by atoms with Gasteiger partial charge in [-0.2, -0.15) is 0 Å². The van der Waals surface area contributed by atoms with Crippen LogP contribution in [0.3, 0.4) is 0 Å². The molecule has 1 N–H and O–H groups in total. The number of rotatable bonds is 6. The first-order chi connectivity index (χ1) is 14.2. The summed E-state index contributed by atoms with van der Waals surface area (Å²) in [5.41, 5.74) is 0.960. The molecule has 2 aromatic rings. The molecule has 1 aliphatic heterocycles. The lowest BCUT2D eigenvalue weighted by atomic mass is 9.95. The van der Waals surface area contributed by atoms with Gasteiger partial charge in [-0.15, -0.1) is 0 Å². The fraction of sp³-hybridized carbons (Fsp3) is 0.273. The van der Waals surface area contributed by atoms with Gasteiger partial charge < -0.3 is 19.6 Å². The predicted octanol–water partition coefficient (Wildman–Crippen LogP) is 3.99. The van der Waals surface area contributed by atoms with Gasteiger partial charge in [-0.25, -0.2) is 0 Å². The molecule has 1 unspecified atom stereocenters. The number of halogens is 2. The Hall–Kier alpha value is -2.54. The second-order valence-electron chi connectivity index (χ2n) is 7.20. The SMILES string of the molecule is COc1ccc(/C(O)=C2\C(=O)C(=O)N(CCN(C)C)C2c2cccc(Cl)c2)cc1Cl. The van der Waals surface area contributed by atoms with E-state index < -0.39 is 17.7 Å². The highest BCUT2D eigenvalue weighted by Gasteiger charge is 2.46. The molecule has 0 bridgehead atoms. The third-order valence-corrected chi connectivity index (χ3v) is 5.45. The minimum Gasteiger partial charge on any atom is -0.507 e. The Balaban J connectivity index is 2.16. The maximum Gasteiger partial charge on any atom is 0.295 e. The van der Waals surface area contributed by atoms with Crippen molar-refractivity contribution in [1.29, 1.82) is 0 Å². The Morgan fingerprint density at radius 3 is 2.50 bits per heavy atom. The number of ether oxygens (including phenoxy) is 1. The van der Waals surface area contributed by atoms with Crippen LogP contribution in [0.2, 0.25) is 10.0 Å². The summed E-state index contributed by atoms with van der Waals surface area (Å²) in [6, 6.07) is 10.8. The summed E-state index contributed by atoms with van der Waals surface area (Å²) in [5.74, 6) is -1.27. The van der Waals surface area contributed by atoms with Crippen LogP contribution in [0.25, 0.3) is 5.76 Å². The number of aliphatic hydroxyl groups is 1. The predicted molar refractivity (Wildman–Crippen MR) is 117 cm³/mol. The van der Waals surface area contributed by atoms with Crippen LogP contribution in [-0.2, 0) is 9.59 Å². The highest BCUT2D eigenvalue weighted by molar-refractivity contribution is 6.46. The molecular formula is C22H22Cl2N2O4. The summed E-state index contributed by atoms with van der Waals surface area (Å²) in [5, 5.41) is 11.8. The lowest BCUT2D eigenvalue weighted by Crippen LogP contribution is -2.35. The number of likely N-dealkylation sites (tertiary alicyclic amines) is 1. The average molecular weight is 449 g/mol. The van der Waals surface area contributed by atoms with E-state index >= 15 is 0 Å².